The molecule has 0 atom stereocenters. The summed E-state index contributed by atoms with van der Waals surface area (Å²) in [6.45, 7) is 0. The van der Waals surface area contributed by atoms with Crippen molar-refractivity contribution < 1.29 is 0 Å². The predicted molar refractivity (Wildman–Crippen MR) is 140 cm³/mol. The van der Waals surface area contributed by atoms with Crippen molar-refractivity contribution in [1.82, 2.24) is 0 Å². The number of fused-ring (bicyclic) bond motifs is 4. The molecule has 0 aliphatic heterocycles. The topological polar surface area (TPSA) is 137 Å². The van der Waals surface area contributed by atoms with E-state index in [0.29, 0.717) is 0 Å². The first kappa shape index (κ1) is 24.5. The fourth-order valence-corrected chi connectivity index (χ4v) is 3.27. The molecule has 8 heteroatoms. The van der Waals surface area contributed by atoms with Crippen LogP contribution in [0.25, 0.3) is 0 Å². The Labute approximate surface area is 221 Å². The zero-order chi connectivity index (χ0) is 28.6. The highest BCUT2D eigenvalue weighted by Gasteiger charge is 2.20. The largest absolute Gasteiger partial charge is 0.284 e. The minimum atomic E-state index is -0.904. The zero-order valence-corrected chi connectivity index (χ0v) is 19.3. The summed E-state index contributed by atoms with van der Waals surface area (Å²) >= 11 is 0. The van der Waals surface area contributed by atoms with Crippen LogP contribution in [0.15, 0.2) is 38.4 Å². The van der Waals surface area contributed by atoms with E-state index in [1.54, 1.807) is 0 Å². The van der Waals surface area contributed by atoms with Gasteiger partial charge >= 0.3 is 0 Å². The molecule has 40 heavy (non-hydrogen) atoms. The highest BCUT2D eigenvalue weighted by molar-refractivity contribution is 5.63. The van der Waals surface area contributed by atoms with Gasteiger partial charge in [-0.25, -0.2) is 0 Å². The normalized spacial score (nSPS) is 10.8. The highest BCUT2D eigenvalue weighted by Crippen LogP contribution is 1.99. The van der Waals surface area contributed by atoms with Crippen LogP contribution in [0.3, 0.4) is 0 Å². The summed E-state index contributed by atoms with van der Waals surface area (Å²) in [7, 11) is 0. The van der Waals surface area contributed by atoms with Crippen molar-refractivity contribution in [3.05, 3.63) is 126 Å². The lowest BCUT2D eigenvalue weighted by Gasteiger charge is -1.96. The van der Waals surface area contributed by atoms with E-state index < -0.39 is 43.4 Å². The molecule has 0 saturated carbocycles. The van der Waals surface area contributed by atoms with Crippen LogP contribution in [-0.2, 0) is 0 Å². The lowest BCUT2D eigenvalue weighted by molar-refractivity contribution is 1.33. The maximum Gasteiger partial charge on any atom is 0.244 e. The molecule has 4 aromatic rings. The molecule has 4 aromatic carbocycles. The molecule has 0 spiro atoms. The smallest absolute Gasteiger partial charge is 0.244 e. The molecule has 1 aliphatic rings. The summed E-state index contributed by atoms with van der Waals surface area (Å²) < 4.78 is 0. The number of rotatable bonds is 0. The van der Waals surface area contributed by atoms with Gasteiger partial charge in [-0.3, -0.25) is 38.4 Å². The van der Waals surface area contributed by atoms with Crippen LogP contribution in [0.4, 0.5) is 0 Å². The molecule has 0 saturated heterocycles. The van der Waals surface area contributed by atoms with E-state index in [0.717, 1.165) is 0 Å². The maximum atomic E-state index is 11.8. The van der Waals surface area contributed by atoms with Crippen LogP contribution in [-0.4, -0.2) is 0 Å². The van der Waals surface area contributed by atoms with Gasteiger partial charge in [-0.15, -0.1) is 0 Å². The quantitative estimate of drug-likeness (QED) is 0.172. The third-order valence-electron chi connectivity index (χ3n) is 5.39. The second-order valence-electron chi connectivity index (χ2n) is 7.63. The summed E-state index contributed by atoms with van der Waals surface area (Å²) in [5.41, 5.74) is -9.12. The molecule has 0 aromatic heterocycles. The van der Waals surface area contributed by atoms with Gasteiger partial charge in [0, 0.05) is 0 Å². The van der Waals surface area contributed by atoms with Gasteiger partial charge in [0.05, 0.1) is 44.5 Å². The van der Waals surface area contributed by atoms with Crippen molar-refractivity contribution in [3.63, 3.8) is 0 Å². The maximum absolute atomic E-state index is 11.8. The summed E-state index contributed by atoms with van der Waals surface area (Å²) in [6, 6.07) is 0. The van der Waals surface area contributed by atoms with Crippen LogP contribution in [0, 0.1) is 94.7 Å². The van der Waals surface area contributed by atoms with Gasteiger partial charge in [0.1, 0.15) is 0 Å². The van der Waals surface area contributed by atoms with Gasteiger partial charge in [-0.1, -0.05) is 0 Å². The average molecular weight is 512 g/mol. The molecule has 1 aliphatic carbocycles. The van der Waals surface area contributed by atoms with E-state index >= 15 is 0 Å². The van der Waals surface area contributed by atoms with Crippen LogP contribution in [0.5, 0.6) is 0 Å². The Kier molecular flexibility index (Phi) is 5.73. The van der Waals surface area contributed by atoms with Crippen molar-refractivity contribution in [2.75, 3.05) is 0 Å². The summed E-state index contributed by atoms with van der Waals surface area (Å²) in [6.07, 6.45) is 0. The second-order valence-corrected chi connectivity index (χ2v) is 7.63. The minimum Gasteiger partial charge on any atom is -0.284 e. The van der Waals surface area contributed by atoms with E-state index in [1.165, 1.54) is 0 Å². The molecule has 0 radical (unpaired) electrons. The van der Waals surface area contributed by atoms with Crippen LogP contribution in [0.1, 0.15) is 44.5 Å². The third-order valence-corrected chi connectivity index (χ3v) is 5.39. The second kappa shape index (κ2) is 9.35. The molecule has 0 fully saturated rings. The summed E-state index contributed by atoms with van der Waals surface area (Å²) in [4.78, 5) is 94.7. The molecule has 0 bridgehead atoms. The average Bonchev–Trinajstić information content (AvgIpc) is 2.97. The molecule has 5 rings (SSSR count). The lowest BCUT2D eigenvalue weighted by atomic mass is 10.0. The van der Waals surface area contributed by atoms with E-state index in [1.807, 2.05) is 0 Å². The SMILES string of the molecule is O=c1c2c(c1=O)C#CC#Cc1c(c(=O)c1=O)C#CC#Cc1c(c(=O)c1=O)C#CC#Cc1c(c(=O)c1=O)C#CC#C2. The van der Waals surface area contributed by atoms with Crippen LogP contribution in [0.2, 0.25) is 0 Å². The first-order chi connectivity index (χ1) is 19.2. The van der Waals surface area contributed by atoms with Gasteiger partial charge < -0.3 is 0 Å². The standard InChI is InChI=1S/C32O8/c33-25-17-9-1-2-10-18-20(28(36)26(18)34)12-5-6-14-22-24(32(40)30(22)38)16-8-7-15-23-21(29(37)31(23)39)13-4-3-11-19(17)27(25)35. The van der Waals surface area contributed by atoms with Gasteiger partial charge in [-0.05, 0) is 94.7 Å². The highest BCUT2D eigenvalue weighted by atomic mass is 16.2. The Bertz CT molecular complexity index is 2160. The minimum absolute atomic E-state index is 0.236. The molecule has 8 nitrogen and oxygen atoms in total. The Morgan fingerprint density at radius 2 is 0.300 bits per heavy atom. The predicted octanol–water partition coefficient (Wildman–Crippen LogP) is -4.00. The van der Waals surface area contributed by atoms with Crippen molar-refractivity contribution in [2.45, 2.75) is 0 Å². The van der Waals surface area contributed by atoms with Crippen molar-refractivity contribution in [1.29, 1.82) is 0 Å². The molecule has 0 N–H and O–H groups in total. The van der Waals surface area contributed by atoms with Gasteiger partial charge in [0.25, 0.3) is 0 Å². The van der Waals surface area contributed by atoms with E-state index in [2.05, 4.69) is 94.7 Å². The summed E-state index contributed by atoms with van der Waals surface area (Å²) in [5, 5.41) is 0. The molecule has 0 unspecified atom stereocenters. The third kappa shape index (κ3) is 3.80. The Morgan fingerprint density at radius 3 is 0.400 bits per heavy atom. The van der Waals surface area contributed by atoms with Gasteiger partial charge in [0.15, 0.2) is 0 Å². The first-order valence-corrected chi connectivity index (χ1v) is 10.6. The zero-order valence-electron chi connectivity index (χ0n) is 19.3. The Balaban J connectivity index is 1.64. The van der Waals surface area contributed by atoms with Gasteiger partial charge in [0.2, 0.25) is 43.4 Å². The van der Waals surface area contributed by atoms with Crippen molar-refractivity contribution in [2.24, 2.45) is 0 Å². The Hall–Kier alpha value is -7.20. The first-order valence-electron chi connectivity index (χ1n) is 10.6. The molecular weight excluding hydrogens is 512 g/mol. The molecule has 0 heterocycles. The number of hydrogen-bond acceptors (Lipinski definition) is 8. The molecule has 0 amide bonds. The fourth-order valence-electron chi connectivity index (χ4n) is 3.27. The van der Waals surface area contributed by atoms with Crippen LogP contribution < -0.4 is 43.4 Å². The molecule has 176 valence electrons. The lowest BCUT2D eigenvalue weighted by Crippen LogP contribution is -2.37. The van der Waals surface area contributed by atoms with Crippen molar-refractivity contribution >= 4 is 0 Å². The monoisotopic (exact) mass is 512 g/mol. The number of hydrogen-bond donors (Lipinski definition) is 0. The summed E-state index contributed by atoms with van der Waals surface area (Å²) in [5.74, 6) is 37.1. The van der Waals surface area contributed by atoms with E-state index in [9.17, 15) is 38.4 Å². The molecular formula is C32O8. The van der Waals surface area contributed by atoms with Crippen molar-refractivity contribution in [3.8, 4) is 94.7 Å². The van der Waals surface area contributed by atoms with Gasteiger partial charge in [-0.2, -0.15) is 0 Å². The van der Waals surface area contributed by atoms with E-state index in [4.69, 9.17) is 0 Å². The fraction of sp³-hybridized carbons (Fsp3) is 0. The van der Waals surface area contributed by atoms with E-state index in [-0.39, 0.29) is 44.5 Å². The Morgan fingerprint density at radius 1 is 0.200 bits per heavy atom. The van der Waals surface area contributed by atoms with Crippen LogP contribution >= 0.6 is 0 Å².